The zero-order valence-corrected chi connectivity index (χ0v) is 50.7. The van der Waals surface area contributed by atoms with Crippen LogP contribution in [-0.2, 0) is 28.6 Å². The molecular weight excluding hydrogens is 913 g/mol. The van der Waals surface area contributed by atoms with E-state index in [1.54, 1.807) is 0 Å². The normalized spacial score (nSPS) is 11.9. The summed E-state index contributed by atoms with van der Waals surface area (Å²) in [5.41, 5.74) is 0. The minimum absolute atomic E-state index is 0.0605. The van der Waals surface area contributed by atoms with Gasteiger partial charge in [0.1, 0.15) is 13.2 Å². The van der Waals surface area contributed by atoms with E-state index in [1.165, 1.54) is 302 Å². The largest absolute Gasteiger partial charge is 0.462 e. The molecule has 0 aliphatic carbocycles. The predicted molar refractivity (Wildman–Crippen MR) is 321 cm³/mol. The Hall–Kier alpha value is -1.59. The molecule has 440 valence electrons. The van der Waals surface area contributed by atoms with Crippen molar-refractivity contribution in [2.24, 2.45) is 0 Å². The van der Waals surface area contributed by atoms with Crippen LogP contribution in [0.15, 0.2) is 0 Å². The van der Waals surface area contributed by atoms with E-state index in [9.17, 15) is 14.4 Å². The topological polar surface area (TPSA) is 78.9 Å². The molecule has 6 nitrogen and oxygen atoms in total. The van der Waals surface area contributed by atoms with E-state index in [0.717, 1.165) is 57.8 Å². The molecule has 0 aliphatic heterocycles. The molecule has 0 fully saturated rings. The fraction of sp³-hybridized carbons (Fsp3) is 0.956. The summed E-state index contributed by atoms with van der Waals surface area (Å²) in [4.78, 5) is 38.3. The molecule has 0 aromatic carbocycles. The van der Waals surface area contributed by atoms with E-state index in [-0.39, 0.29) is 31.1 Å². The summed E-state index contributed by atoms with van der Waals surface area (Å²) in [6.07, 6.45) is 74.2. The SMILES string of the molecule is CCCCCCCCCCCCCCCCCCCCCCCCCCCC(=O)OCC(COC(=O)CCCCCCCCCCCCC)OC(=O)CCCCCCCCCCCCCCCCCCCCCC. The first-order chi connectivity index (χ1) is 36.5. The van der Waals surface area contributed by atoms with Crippen molar-refractivity contribution >= 4 is 17.9 Å². The fourth-order valence-corrected chi connectivity index (χ4v) is 10.7. The molecule has 0 rings (SSSR count). The standard InChI is InChI=1S/C68H132O6/c1-4-7-10-13-16-19-22-24-26-28-30-32-33-34-35-36-38-39-41-43-46-49-52-55-58-61-67(70)73-64-65(63-72-66(69)60-57-54-51-48-45-21-18-15-12-9-6-3)74-68(71)62-59-56-53-50-47-44-42-40-37-31-29-27-25-23-20-17-14-11-8-5-2/h65H,4-64H2,1-3H3. The second-order valence-electron chi connectivity index (χ2n) is 23.5. The van der Waals surface area contributed by atoms with Crippen molar-refractivity contribution in [3.63, 3.8) is 0 Å². The summed E-state index contributed by atoms with van der Waals surface area (Å²) in [5, 5.41) is 0. The van der Waals surface area contributed by atoms with E-state index >= 15 is 0 Å². The molecule has 0 radical (unpaired) electrons. The minimum atomic E-state index is -0.762. The van der Waals surface area contributed by atoms with Crippen molar-refractivity contribution in [1.29, 1.82) is 0 Å². The first-order valence-corrected chi connectivity index (χ1v) is 34.0. The summed E-state index contributed by atoms with van der Waals surface area (Å²) in [6, 6.07) is 0. The molecule has 0 aromatic heterocycles. The van der Waals surface area contributed by atoms with Crippen molar-refractivity contribution in [1.82, 2.24) is 0 Å². The van der Waals surface area contributed by atoms with Gasteiger partial charge in [-0.15, -0.1) is 0 Å². The van der Waals surface area contributed by atoms with E-state index in [2.05, 4.69) is 20.8 Å². The third kappa shape index (κ3) is 61.3. The Labute approximate surface area is 463 Å². The molecule has 0 bridgehead atoms. The maximum Gasteiger partial charge on any atom is 0.306 e. The van der Waals surface area contributed by atoms with Crippen LogP contribution in [0.2, 0.25) is 0 Å². The predicted octanol–water partition coefficient (Wildman–Crippen LogP) is 23.1. The average molecular weight is 1050 g/mol. The number of hydrogen-bond donors (Lipinski definition) is 0. The van der Waals surface area contributed by atoms with Gasteiger partial charge in [0, 0.05) is 19.3 Å². The fourth-order valence-electron chi connectivity index (χ4n) is 10.7. The molecule has 74 heavy (non-hydrogen) atoms. The molecule has 0 saturated carbocycles. The highest BCUT2D eigenvalue weighted by Crippen LogP contribution is 2.19. The van der Waals surface area contributed by atoms with Gasteiger partial charge in [-0.3, -0.25) is 14.4 Å². The van der Waals surface area contributed by atoms with Gasteiger partial charge in [-0.1, -0.05) is 361 Å². The molecule has 0 spiro atoms. The number of ether oxygens (including phenoxy) is 3. The molecule has 0 aliphatic rings. The average Bonchev–Trinajstić information content (AvgIpc) is 3.40. The molecule has 0 N–H and O–H groups in total. The minimum Gasteiger partial charge on any atom is -0.462 e. The summed E-state index contributed by atoms with van der Waals surface area (Å²) in [7, 11) is 0. The highest BCUT2D eigenvalue weighted by molar-refractivity contribution is 5.71. The van der Waals surface area contributed by atoms with Gasteiger partial charge in [-0.2, -0.15) is 0 Å². The number of hydrogen-bond acceptors (Lipinski definition) is 6. The van der Waals surface area contributed by atoms with Crippen LogP contribution in [0, 0.1) is 0 Å². The van der Waals surface area contributed by atoms with Crippen molar-refractivity contribution in [2.45, 2.75) is 406 Å². The summed E-state index contributed by atoms with van der Waals surface area (Å²) < 4.78 is 17.0. The molecule has 1 atom stereocenters. The number of unbranched alkanes of at least 4 members (excludes halogenated alkanes) is 53. The molecule has 6 heteroatoms. The van der Waals surface area contributed by atoms with Crippen LogP contribution >= 0.6 is 0 Å². The Bertz CT molecular complexity index is 1110. The lowest BCUT2D eigenvalue weighted by Gasteiger charge is -2.18. The van der Waals surface area contributed by atoms with Gasteiger partial charge in [-0.05, 0) is 19.3 Å². The van der Waals surface area contributed by atoms with Crippen LogP contribution in [0.4, 0.5) is 0 Å². The Morgan fingerprint density at radius 1 is 0.216 bits per heavy atom. The summed E-state index contributed by atoms with van der Waals surface area (Å²) >= 11 is 0. The van der Waals surface area contributed by atoms with Crippen LogP contribution in [0.1, 0.15) is 400 Å². The van der Waals surface area contributed by atoms with Gasteiger partial charge < -0.3 is 14.2 Å². The summed E-state index contributed by atoms with van der Waals surface area (Å²) in [5.74, 6) is -0.825. The highest BCUT2D eigenvalue weighted by atomic mass is 16.6. The van der Waals surface area contributed by atoms with Crippen molar-refractivity contribution < 1.29 is 28.6 Å². The van der Waals surface area contributed by atoms with Gasteiger partial charge in [0.15, 0.2) is 6.10 Å². The van der Waals surface area contributed by atoms with Crippen LogP contribution in [0.5, 0.6) is 0 Å². The number of rotatable bonds is 64. The third-order valence-corrected chi connectivity index (χ3v) is 15.9. The maximum absolute atomic E-state index is 12.9. The van der Waals surface area contributed by atoms with Crippen molar-refractivity contribution in [2.75, 3.05) is 13.2 Å². The smallest absolute Gasteiger partial charge is 0.306 e. The lowest BCUT2D eigenvalue weighted by molar-refractivity contribution is -0.167. The van der Waals surface area contributed by atoms with E-state index in [4.69, 9.17) is 14.2 Å². The van der Waals surface area contributed by atoms with E-state index in [1.807, 2.05) is 0 Å². The lowest BCUT2D eigenvalue weighted by atomic mass is 10.0. The Balaban J connectivity index is 4.15. The molecule has 0 aromatic rings. The van der Waals surface area contributed by atoms with Crippen LogP contribution in [0.25, 0.3) is 0 Å². The number of carbonyl (C=O) groups excluding carboxylic acids is 3. The quantitative estimate of drug-likeness (QED) is 0.0343. The van der Waals surface area contributed by atoms with E-state index in [0.29, 0.717) is 19.3 Å². The molecule has 0 amide bonds. The number of esters is 3. The van der Waals surface area contributed by atoms with E-state index < -0.39 is 6.10 Å². The van der Waals surface area contributed by atoms with Crippen molar-refractivity contribution in [3.8, 4) is 0 Å². The zero-order valence-electron chi connectivity index (χ0n) is 50.7. The second-order valence-corrected chi connectivity index (χ2v) is 23.5. The summed E-state index contributed by atoms with van der Waals surface area (Å²) in [6.45, 7) is 6.73. The van der Waals surface area contributed by atoms with Crippen LogP contribution in [0.3, 0.4) is 0 Å². The Morgan fingerprint density at radius 2 is 0.365 bits per heavy atom. The highest BCUT2D eigenvalue weighted by Gasteiger charge is 2.19. The lowest BCUT2D eigenvalue weighted by Crippen LogP contribution is -2.30. The first kappa shape index (κ1) is 72.4. The van der Waals surface area contributed by atoms with Gasteiger partial charge >= 0.3 is 17.9 Å². The van der Waals surface area contributed by atoms with Gasteiger partial charge in [0.2, 0.25) is 0 Å². The number of carbonyl (C=O) groups is 3. The van der Waals surface area contributed by atoms with Gasteiger partial charge in [0.25, 0.3) is 0 Å². The monoisotopic (exact) mass is 1050 g/mol. The Morgan fingerprint density at radius 3 is 0.541 bits per heavy atom. The van der Waals surface area contributed by atoms with Gasteiger partial charge in [0.05, 0.1) is 0 Å². The maximum atomic E-state index is 12.9. The molecule has 1 unspecified atom stereocenters. The van der Waals surface area contributed by atoms with Crippen LogP contribution in [-0.4, -0.2) is 37.2 Å². The third-order valence-electron chi connectivity index (χ3n) is 15.9. The zero-order chi connectivity index (χ0) is 53.6. The second kappa shape index (κ2) is 63.9. The molecule has 0 heterocycles. The van der Waals surface area contributed by atoms with Crippen molar-refractivity contribution in [3.05, 3.63) is 0 Å². The molecular formula is C68H132O6. The van der Waals surface area contributed by atoms with Gasteiger partial charge in [-0.25, -0.2) is 0 Å². The Kier molecular flexibility index (Phi) is 62.6. The first-order valence-electron chi connectivity index (χ1n) is 34.0. The van der Waals surface area contributed by atoms with Crippen LogP contribution < -0.4 is 0 Å². The molecule has 0 saturated heterocycles.